The topological polar surface area (TPSA) is 56.2 Å². The maximum atomic E-state index is 11.8. The van der Waals surface area contributed by atoms with Crippen molar-refractivity contribution >= 4 is 11.7 Å². The first kappa shape index (κ1) is 13.1. The van der Waals surface area contributed by atoms with Crippen LogP contribution in [0.1, 0.15) is 12.6 Å². The number of benzene rings is 1. The molecule has 0 bridgehead atoms. The average molecular weight is 259 g/mol. The third-order valence-electron chi connectivity index (χ3n) is 2.58. The highest BCUT2D eigenvalue weighted by Crippen LogP contribution is 2.11. The summed E-state index contributed by atoms with van der Waals surface area (Å²) >= 11 is 0. The number of rotatable bonds is 5. The predicted octanol–water partition coefficient (Wildman–Crippen LogP) is 2.23. The van der Waals surface area contributed by atoms with Crippen LogP contribution in [0.4, 0.5) is 5.82 Å². The van der Waals surface area contributed by atoms with Crippen LogP contribution in [0, 0.1) is 6.92 Å². The van der Waals surface area contributed by atoms with Gasteiger partial charge in [-0.3, -0.25) is 4.79 Å². The molecular weight excluding hydrogens is 242 g/mol. The minimum atomic E-state index is -0.196. The lowest BCUT2D eigenvalue weighted by molar-refractivity contribution is -0.118. The summed E-state index contributed by atoms with van der Waals surface area (Å²) in [7, 11) is 0. The molecule has 1 heterocycles. The molecule has 0 saturated heterocycles. The molecule has 1 aromatic heterocycles. The number of nitrogens with zero attached hydrogens (tertiary/aromatic N) is 2. The van der Waals surface area contributed by atoms with Gasteiger partial charge in [0, 0.05) is 12.6 Å². The van der Waals surface area contributed by atoms with Crippen LogP contribution in [0.25, 0.3) is 0 Å². The third-order valence-corrected chi connectivity index (χ3v) is 2.58. The van der Waals surface area contributed by atoms with Crippen LogP contribution < -0.4 is 10.1 Å². The van der Waals surface area contributed by atoms with Gasteiger partial charge in [0.05, 0.1) is 5.69 Å². The van der Waals surface area contributed by atoms with E-state index in [1.807, 2.05) is 50.2 Å². The molecule has 1 aromatic carbocycles. The molecule has 2 rings (SSSR count). The maximum absolute atomic E-state index is 11.8. The molecule has 0 radical (unpaired) electrons. The summed E-state index contributed by atoms with van der Waals surface area (Å²) in [5.41, 5.74) is 0.876. The molecule has 5 nitrogen and oxygen atoms in total. The van der Waals surface area contributed by atoms with Crippen molar-refractivity contribution in [1.29, 1.82) is 0 Å². The van der Waals surface area contributed by atoms with Crippen molar-refractivity contribution in [1.82, 2.24) is 9.78 Å². The summed E-state index contributed by atoms with van der Waals surface area (Å²) in [4.78, 5) is 11.8. The zero-order valence-corrected chi connectivity index (χ0v) is 11.1. The minimum Gasteiger partial charge on any atom is -0.484 e. The molecule has 0 aliphatic heterocycles. The summed E-state index contributed by atoms with van der Waals surface area (Å²) in [6, 6.07) is 11.1. The van der Waals surface area contributed by atoms with Gasteiger partial charge < -0.3 is 10.1 Å². The first-order valence-corrected chi connectivity index (χ1v) is 6.21. The molecule has 0 unspecified atom stereocenters. The van der Waals surface area contributed by atoms with Crippen molar-refractivity contribution in [2.45, 2.75) is 20.4 Å². The molecule has 0 atom stereocenters. The molecule has 0 saturated carbocycles. The SMILES string of the molecule is CCn1nc(C)cc1NC(=O)COc1ccccc1. The van der Waals surface area contributed by atoms with Gasteiger partial charge in [-0.15, -0.1) is 0 Å². The number of hydrogen-bond donors (Lipinski definition) is 1. The van der Waals surface area contributed by atoms with Gasteiger partial charge in [0.15, 0.2) is 6.61 Å². The van der Waals surface area contributed by atoms with E-state index in [1.54, 1.807) is 4.68 Å². The highest BCUT2D eigenvalue weighted by atomic mass is 16.5. The fourth-order valence-electron chi connectivity index (χ4n) is 1.73. The van der Waals surface area contributed by atoms with Crippen molar-refractivity contribution in [3.8, 4) is 5.75 Å². The molecule has 0 aliphatic rings. The zero-order chi connectivity index (χ0) is 13.7. The zero-order valence-electron chi connectivity index (χ0n) is 11.1. The van der Waals surface area contributed by atoms with Crippen molar-refractivity contribution in [2.75, 3.05) is 11.9 Å². The number of aromatic nitrogens is 2. The molecule has 100 valence electrons. The van der Waals surface area contributed by atoms with Crippen LogP contribution in [-0.2, 0) is 11.3 Å². The van der Waals surface area contributed by atoms with Crippen LogP contribution in [0.3, 0.4) is 0 Å². The largest absolute Gasteiger partial charge is 0.484 e. The fraction of sp³-hybridized carbons (Fsp3) is 0.286. The smallest absolute Gasteiger partial charge is 0.263 e. The Morgan fingerprint density at radius 2 is 2.11 bits per heavy atom. The Morgan fingerprint density at radius 3 is 2.79 bits per heavy atom. The molecule has 19 heavy (non-hydrogen) atoms. The van der Waals surface area contributed by atoms with Crippen molar-refractivity contribution in [3.63, 3.8) is 0 Å². The Hall–Kier alpha value is -2.30. The van der Waals surface area contributed by atoms with Gasteiger partial charge in [0.1, 0.15) is 11.6 Å². The van der Waals surface area contributed by atoms with Gasteiger partial charge in [0.25, 0.3) is 5.91 Å². The van der Waals surface area contributed by atoms with Crippen LogP contribution in [0.15, 0.2) is 36.4 Å². The third kappa shape index (κ3) is 3.58. The molecule has 0 aliphatic carbocycles. The van der Waals surface area contributed by atoms with Crippen LogP contribution in [0.5, 0.6) is 5.75 Å². The van der Waals surface area contributed by atoms with E-state index in [1.165, 1.54) is 0 Å². The number of anilines is 1. The van der Waals surface area contributed by atoms with E-state index in [0.29, 0.717) is 18.1 Å². The van der Waals surface area contributed by atoms with E-state index < -0.39 is 0 Å². The number of amides is 1. The number of nitrogens with one attached hydrogen (secondary N) is 1. The van der Waals surface area contributed by atoms with E-state index in [9.17, 15) is 4.79 Å². The number of para-hydroxylation sites is 1. The second-order valence-electron chi connectivity index (χ2n) is 4.14. The van der Waals surface area contributed by atoms with Crippen molar-refractivity contribution in [3.05, 3.63) is 42.1 Å². The van der Waals surface area contributed by atoms with E-state index in [4.69, 9.17) is 4.74 Å². The number of carbonyl (C=O) groups excluding carboxylic acids is 1. The summed E-state index contributed by atoms with van der Waals surface area (Å²) in [5.74, 6) is 1.18. The molecule has 1 N–H and O–H groups in total. The van der Waals surface area contributed by atoms with Crippen LogP contribution >= 0.6 is 0 Å². The van der Waals surface area contributed by atoms with E-state index in [2.05, 4.69) is 10.4 Å². The predicted molar refractivity (Wildman–Crippen MR) is 73.2 cm³/mol. The monoisotopic (exact) mass is 259 g/mol. The second kappa shape index (κ2) is 6.04. The molecule has 5 heteroatoms. The fourth-order valence-corrected chi connectivity index (χ4v) is 1.73. The first-order valence-electron chi connectivity index (χ1n) is 6.21. The standard InChI is InChI=1S/C14H17N3O2/c1-3-17-13(9-11(2)16-17)15-14(18)10-19-12-7-5-4-6-8-12/h4-9H,3,10H2,1-2H3,(H,15,18). The van der Waals surface area contributed by atoms with Gasteiger partial charge in [-0.25, -0.2) is 4.68 Å². The quantitative estimate of drug-likeness (QED) is 0.895. The second-order valence-corrected chi connectivity index (χ2v) is 4.14. The normalized spacial score (nSPS) is 10.2. The molecule has 0 fully saturated rings. The number of carbonyl (C=O) groups is 1. The van der Waals surface area contributed by atoms with Gasteiger partial charge >= 0.3 is 0 Å². The molecule has 1 amide bonds. The van der Waals surface area contributed by atoms with Crippen LogP contribution in [-0.4, -0.2) is 22.3 Å². The number of aryl methyl sites for hydroxylation is 2. The Kier molecular flexibility index (Phi) is 4.18. The van der Waals surface area contributed by atoms with Gasteiger partial charge in [0.2, 0.25) is 0 Å². The van der Waals surface area contributed by atoms with Crippen molar-refractivity contribution < 1.29 is 9.53 Å². The maximum Gasteiger partial charge on any atom is 0.263 e. The Balaban J connectivity index is 1.91. The van der Waals surface area contributed by atoms with Crippen molar-refractivity contribution in [2.24, 2.45) is 0 Å². The van der Waals surface area contributed by atoms with Gasteiger partial charge in [-0.1, -0.05) is 18.2 Å². The molecular formula is C14H17N3O2. The van der Waals surface area contributed by atoms with E-state index in [-0.39, 0.29) is 12.5 Å². The summed E-state index contributed by atoms with van der Waals surface area (Å²) in [6.07, 6.45) is 0. The van der Waals surface area contributed by atoms with E-state index >= 15 is 0 Å². The lowest BCUT2D eigenvalue weighted by atomic mass is 10.3. The Bertz CT molecular complexity index is 549. The number of ether oxygens (including phenoxy) is 1. The minimum absolute atomic E-state index is 0.0159. The van der Waals surface area contributed by atoms with Gasteiger partial charge in [-0.05, 0) is 26.0 Å². The lowest BCUT2D eigenvalue weighted by Crippen LogP contribution is -2.22. The summed E-state index contributed by atoms with van der Waals surface area (Å²) < 4.78 is 7.12. The first-order chi connectivity index (χ1) is 9.19. The van der Waals surface area contributed by atoms with Crippen LogP contribution in [0.2, 0.25) is 0 Å². The lowest BCUT2D eigenvalue weighted by Gasteiger charge is -2.08. The summed E-state index contributed by atoms with van der Waals surface area (Å²) in [6.45, 7) is 4.56. The molecule has 0 spiro atoms. The van der Waals surface area contributed by atoms with Gasteiger partial charge in [-0.2, -0.15) is 5.10 Å². The van der Waals surface area contributed by atoms with E-state index in [0.717, 1.165) is 5.69 Å². The highest BCUT2D eigenvalue weighted by molar-refractivity contribution is 5.91. The summed E-state index contributed by atoms with van der Waals surface area (Å²) in [5, 5.41) is 7.05. The molecule has 2 aromatic rings. The Morgan fingerprint density at radius 1 is 1.37 bits per heavy atom. The number of hydrogen-bond acceptors (Lipinski definition) is 3. The Labute approximate surface area is 112 Å². The average Bonchev–Trinajstić information content (AvgIpc) is 2.77. The highest BCUT2D eigenvalue weighted by Gasteiger charge is 2.08.